The fraction of sp³-hybridized carbons (Fsp3) is 0.200. The van der Waals surface area contributed by atoms with Crippen molar-refractivity contribution in [2.24, 2.45) is 0 Å². The number of benzene rings is 1. The summed E-state index contributed by atoms with van der Waals surface area (Å²) in [6.07, 6.45) is 0.796. The van der Waals surface area contributed by atoms with Crippen molar-refractivity contribution < 1.29 is 14.1 Å². The van der Waals surface area contributed by atoms with E-state index < -0.39 is 5.91 Å². The van der Waals surface area contributed by atoms with E-state index in [9.17, 15) is 9.59 Å². The van der Waals surface area contributed by atoms with Gasteiger partial charge >= 0.3 is 0 Å². The van der Waals surface area contributed by atoms with E-state index >= 15 is 0 Å². The number of nitrogens with one attached hydrogen (secondary N) is 2. The van der Waals surface area contributed by atoms with Gasteiger partial charge in [0.2, 0.25) is 0 Å². The largest absolute Gasteiger partial charge is 0.360 e. The number of nitrogens with zero attached hydrogens (tertiary/aromatic N) is 2. The topological polar surface area (TPSA) is 97.1 Å². The van der Waals surface area contributed by atoms with Crippen molar-refractivity contribution in [2.75, 3.05) is 10.6 Å². The van der Waals surface area contributed by atoms with Crippen LogP contribution in [0.15, 0.2) is 47.0 Å². The van der Waals surface area contributed by atoms with Crippen molar-refractivity contribution in [3.8, 4) is 0 Å². The van der Waals surface area contributed by atoms with Crippen LogP contribution in [0.4, 0.5) is 11.5 Å². The van der Waals surface area contributed by atoms with Gasteiger partial charge in [-0.2, -0.15) is 0 Å². The van der Waals surface area contributed by atoms with Crippen molar-refractivity contribution >= 4 is 23.3 Å². The fourth-order valence-electron chi connectivity index (χ4n) is 2.67. The van der Waals surface area contributed by atoms with Gasteiger partial charge in [0, 0.05) is 11.8 Å². The summed E-state index contributed by atoms with van der Waals surface area (Å²) in [5.74, 6) is 0.0343. The Hall–Kier alpha value is -3.48. The zero-order valence-electron chi connectivity index (χ0n) is 15.4. The first-order valence-electron chi connectivity index (χ1n) is 8.59. The van der Waals surface area contributed by atoms with Gasteiger partial charge in [-0.05, 0) is 43.5 Å². The molecule has 0 unspecified atom stereocenters. The van der Waals surface area contributed by atoms with Gasteiger partial charge in [0.25, 0.3) is 11.8 Å². The van der Waals surface area contributed by atoms with Crippen LogP contribution in [0.25, 0.3) is 0 Å². The molecule has 0 radical (unpaired) electrons. The zero-order chi connectivity index (χ0) is 19.4. The minimum Gasteiger partial charge on any atom is -0.360 e. The zero-order valence-corrected chi connectivity index (χ0v) is 15.4. The number of rotatable bonds is 5. The lowest BCUT2D eigenvalue weighted by Crippen LogP contribution is -2.19. The number of carbonyl (C=O) groups is 2. The predicted molar refractivity (Wildman–Crippen MR) is 102 cm³/mol. The summed E-state index contributed by atoms with van der Waals surface area (Å²) in [5, 5.41) is 9.20. The molecule has 1 aromatic carbocycles. The Morgan fingerprint density at radius 1 is 1.00 bits per heavy atom. The lowest BCUT2D eigenvalue weighted by Gasteiger charge is -2.13. The summed E-state index contributed by atoms with van der Waals surface area (Å²) >= 11 is 0. The molecule has 0 saturated carbocycles. The van der Waals surface area contributed by atoms with E-state index in [0.717, 1.165) is 23.2 Å². The molecule has 2 amide bonds. The molecule has 138 valence electrons. The summed E-state index contributed by atoms with van der Waals surface area (Å²) in [7, 11) is 0. The Morgan fingerprint density at radius 3 is 2.30 bits per heavy atom. The third-order valence-corrected chi connectivity index (χ3v) is 4.06. The summed E-state index contributed by atoms with van der Waals surface area (Å²) in [6.45, 7) is 5.69. The van der Waals surface area contributed by atoms with E-state index in [2.05, 4.69) is 20.8 Å². The SMILES string of the molecule is CCc1cccc(C)c1NC(=O)c1cccc(C(=O)Nc2cc(C)on2)n1. The van der Waals surface area contributed by atoms with Crippen LogP contribution in [0.1, 0.15) is 44.8 Å². The lowest BCUT2D eigenvalue weighted by atomic mass is 10.1. The van der Waals surface area contributed by atoms with Crippen molar-refractivity contribution in [1.82, 2.24) is 10.1 Å². The molecule has 0 aliphatic heterocycles. The van der Waals surface area contributed by atoms with Crippen molar-refractivity contribution in [2.45, 2.75) is 27.2 Å². The predicted octanol–water partition coefficient (Wildman–Crippen LogP) is 3.75. The summed E-state index contributed by atoms with van der Waals surface area (Å²) in [6, 6.07) is 12.2. The molecule has 2 N–H and O–H groups in total. The Balaban J connectivity index is 1.79. The molecule has 7 nitrogen and oxygen atoms in total. The summed E-state index contributed by atoms with van der Waals surface area (Å²) < 4.78 is 4.91. The molecule has 27 heavy (non-hydrogen) atoms. The number of aryl methyl sites for hydroxylation is 3. The maximum Gasteiger partial charge on any atom is 0.275 e. The van der Waals surface area contributed by atoms with Crippen LogP contribution < -0.4 is 10.6 Å². The Morgan fingerprint density at radius 2 is 1.67 bits per heavy atom. The van der Waals surface area contributed by atoms with E-state index in [1.807, 2.05) is 32.0 Å². The molecule has 0 saturated heterocycles. The highest BCUT2D eigenvalue weighted by Crippen LogP contribution is 2.21. The molecule has 0 fully saturated rings. The van der Waals surface area contributed by atoms with Gasteiger partial charge in [-0.15, -0.1) is 0 Å². The van der Waals surface area contributed by atoms with Crippen LogP contribution in [0.2, 0.25) is 0 Å². The van der Waals surface area contributed by atoms with E-state index in [0.29, 0.717) is 11.6 Å². The second-order valence-corrected chi connectivity index (χ2v) is 6.10. The van der Waals surface area contributed by atoms with Gasteiger partial charge in [0.05, 0.1) is 0 Å². The smallest absolute Gasteiger partial charge is 0.275 e. The summed E-state index contributed by atoms with van der Waals surface area (Å²) in [5.41, 5.74) is 3.06. The number of hydrogen-bond donors (Lipinski definition) is 2. The van der Waals surface area contributed by atoms with E-state index in [1.165, 1.54) is 6.07 Å². The Kier molecular flexibility index (Phi) is 5.30. The van der Waals surface area contributed by atoms with E-state index in [-0.39, 0.29) is 17.3 Å². The quantitative estimate of drug-likeness (QED) is 0.718. The fourth-order valence-corrected chi connectivity index (χ4v) is 2.67. The molecule has 0 spiro atoms. The first-order valence-corrected chi connectivity index (χ1v) is 8.59. The van der Waals surface area contributed by atoms with Crippen LogP contribution in [0, 0.1) is 13.8 Å². The minimum absolute atomic E-state index is 0.115. The molecule has 2 aromatic heterocycles. The molecule has 0 aliphatic carbocycles. The van der Waals surface area contributed by atoms with E-state index in [4.69, 9.17) is 4.52 Å². The van der Waals surface area contributed by atoms with Crippen LogP contribution in [0.5, 0.6) is 0 Å². The number of para-hydroxylation sites is 1. The van der Waals surface area contributed by atoms with Gasteiger partial charge < -0.3 is 15.2 Å². The Labute approximate surface area is 156 Å². The monoisotopic (exact) mass is 364 g/mol. The maximum absolute atomic E-state index is 12.6. The molecule has 0 aliphatic rings. The number of anilines is 2. The molecule has 0 atom stereocenters. The number of pyridine rings is 1. The van der Waals surface area contributed by atoms with Crippen LogP contribution in [-0.4, -0.2) is 22.0 Å². The molecule has 3 rings (SSSR count). The highest BCUT2D eigenvalue weighted by atomic mass is 16.5. The van der Waals surface area contributed by atoms with Gasteiger partial charge in [-0.25, -0.2) is 4.98 Å². The molecular weight excluding hydrogens is 344 g/mol. The minimum atomic E-state index is -0.469. The first-order chi connectivity index (χ1) is 13.0. The van der Waals surface area contributed by atoms with Crippen molar-refractivity contribution in [1.29, 1.82) is 0 Å². The van der Waals surface area contributed by atoms with Crippen molar-refractivity contribution in [3.05, 3.63) is 70.7 Å². The maximum atomic E-state index is 12.6. The molecule has 3 aromatic rings. The lowest BCUT2D eigenvalue weighted by molar-refractivity contribution is 0.101. The number of carbonyl (C=O) groups excluding carboxylic acids is 2. The first kappa shape index (κ1) is 18.3. The average molecular weight is 364 g/mol. The molecular formula is C20H20N4O3. The highest BCUT2D eigenvalue weighted by Gasteiger charge is 2.15. The standard InChI is InChI=1S/C20H20N4O3/c1-4-14-8-5-7-12(2)18(14)23-20(26)16-10-6-9-15(21-16)19(25)22-17-11-13(3)27-24-17/h5-11H,4H2,1-3H3,(H,23,26)(H,22,24,25). The third-order valence-electron chi connectivity index (χ3n) is 4.06. The summed E-state index contributed by atoms with van der Waals surface area (Å²) in [4.78, 5) is 29.1. The normalized spacial score (nSPS) is 10.5. The number of amides is 2. The molecule has 0 bridgehead atoms. The number of aromatic nitrogens is 2. The highest BCUT2D eigenvalue weighted by molar-refractivity contribution is 6.06. The molecule has 2 heterocycles. The average Bonchev–Trinajstić information content (AvgIpc) is 3.08. The van der Waals surface area contributed by atoms with Crippen LogP contribution in [0.3, 0.4) is 0 Å². The number of hydrogen-bond acceptors (Lipinski definition) is 5. The van der Waals surface area contributed by atoms with E-state index in [1.54, 1.807) is 25.1 Å². The van der Waals surface area contributed by atoms with Gasteiger partial charge in [0.15, 0.2) is 5.82 Å². The molecule has 7 heteroatoms. The second-order valence-electron chi connectivity index (χ2n) is 6.10. The van der Waals surface area contributed by atoms with Crippen LogP contribution >= 0.6 is 0 Å². The Bertz CT molecular complexity index is 994. The van der Waals surface area contributed by atoms with Gasteiger partial charge in [-0.1, -0.05) is 36.3 Å². The third kappa shape index (κ3) is 4.20. The van der Waals surface area contributed by atoms with Crippen molar-refractivity contribution in [3.63, 3.8) is 0 Å². The van der Waals surface area contributed by atoms with Crippen LogP contribution in [-0.2, 0) is 6.42 Å². The second kappa shape index (κ2) is 7.82. The van der Waals surface area contributed by atoms with Gasteiger partial charge in [-0.3, -0.25) is 9.59 Å². The van der Waals surface area contributed by atoms with Gasteiger partial charge in [0.1, 0.15) is 17.1 Å².